The zero-order valence-electron chi connectivity index (χ0n) is 12.1. The number of amides is 1. The van der Waals surface area contributed by atoms with Crippen LogP contribution < -0.4 is 0 Å². The van der Waals surface area contributed by atoms with Gasteiger partial charge in [0.25, 0.3) is 0 Å². The molecule has 0 aromatic rings. The first-order chi connectivity index (χ1) is 10.0. The van der Waals surface area contributed by atoms with Crippen LogP contribution in [0.4, 0.5) is 4.79 Å². The SMILES string of the molecule is CCOC(=O)N1CC2C=CC1C(C(=O)OC)=C2C(=O)OC. The largest absolute Gasteiger partial charge is 0.466 e. The molecule has 114 valence electrons. The van der Waals surface area contributed by atoms with Gasteiger partial charge in [-0.15, -0.1) is 0 Å². The van der Waals surface area contributed by atoms with Gasteiger partial charge < -0.3 is 14.2 Å². The topological polar surface area (TPSA) is 82.1 Å². The van der Waals surface area contributed by atoms with Gasteiger partial charge in [0, 0.05) is 12.5 Å². The highest BCUT2D eigenvalue weighted by Gasteiger charge is 2.45. The van der Waals surface area contributed by atoms with E-state index in [0.717, 1.165) is 0 Å². The highest BCUT2D eigenvalue weighted by molar-refractivity contribution is 6.03. The molecular formula is C14H17NO6. The zero-order chi connectivity index (χ0) is 15.6. The molecule has 2 unspecified atom stereocenters. The molecule has 2 bridgehead atoms. The maximum atomic E-state index is 12.0. The average Bonchev–Trinajstić information content (AvgIpc) is 2.53. The molecule has 3 rings (SSSR count). The molecule has 21 heavy (non-hydrogen) atoms. The fourth-order valence-corrected chi connectivity index (χ4v) is 2.63. The van der Waals surface area contributed by atoms with Gasteiger partial charge in [-0.2, -0.15) is 0 Å². The van der Waals surface area contributed by atoms with Crippen molar-refractivity contribution in [3.05, 3.63) is 23.3 Å². The Morgan fingerprint density at radius 2 is 1.76 bits per heavy atom. The number of rotatable bonds is 3. The molecule has 0 fully saturated rings. The highest BCUT2D eigenvalue weighted by atomic mass is 16.6. The molecule has 1 aliphatic carbocycles. The highest BCUT2D eigenvalue weighted by Crippen LogP contribution is 2.36. The summed E-state index contributed by atoms with van der Waals surface area (Å²) in [6, 6.07) is -0.671. The molecule has 3 aliphatic rings. The number of hydrogen-bond acceptors (Lipinski definition) is 6. The average molecular weight is 295 g/mol. The number of esters is 2. The van der Waals surface area contributed by atoms with Crippen LogP contribution in [0.15, 0.2) is 23.3 Å². The van der Waals surface area contributed by atoms with Crippen molar-refractivity contribution in [2.45, 2.75) is 13.0 Å². The first-order valence-corrected chi connectivity index (χ1v) is 6.57. The van der Waals surface area contributed by atoms with Crippen molar-refractivity contribution in [1.82, 2.24) is 4.90 Å². The number of fused-ring (bicyclic) bond motifs is 1. The number of carbonyl (C=O) groups is 3. The van der Waals surface area contributed by atoms with Gasteiger partial charge in [0.1, 0.15) is 0 Å². The van der Waals surface area contributed by atoms with Gasteiger partial charge in [-0.3, -0.25) is 4.90 Å². The van der Waals surface area contributed by atoms with Crippen molar-refractivity contribution in [1.29, 1.82) is 0 Å². The maximum absolute atomic E-state index is 12.0. The first-order valence-electron chi connectivity index (χ1n) is 6.57. The summed E-state index contributed by atoms with van der Waals surface area (Å²) < 4.78 is 14.5. The van der Waals surface area contributed by atoms with Crippen LogP contribution in [-0.4, -0.2) is 56.3 Å². The van der Waals surface area contributed by atoms with Crippen LogP contribution in [-0.2, 0) is 23.8 Å². The number of nitrogens with zero attached hydrogens (tertiary/aromatic N) is 1. The second kappa shape index (κ2) is 5.99. The van der Waals surface area contributed by atoms with E-state index in [1.807, 2.05) is 0 Å². The Balaban J connectivity index is 2.44. The molecule has 7 heteroatoms. The van der Waals surface area contributed by atoms with Crippen molar-refractivity contribution in [3.8, 4) is 0 Å². The van der Waals surface area contributed by atoms with Crippen LogP contribution in [0, 0.1) is 5.92 Å². The molecule has 0 radical (unpaired) electrons. The number of hydrogen-bond donors (Lipinski definition) is 0. The van der Waals surface area contributed by atoms with Crippen molar-refractivity contribution in [3.63, 3.8) is 0 Å². The minimum Gasteiger partial charge on any atom is -0.466 e. The van der Waals surface area contributed by atoms with E-state index >= 15 is 0 Å². The van der Waals surface area contributed by atoms with Crippen molar-refractivity contribution >= 4 is 18.0 Å². The van der Waals surface area contributed by atoms with Gasteiger partial charge in [-0.25, -0.2) is 14.4 Å². The van der Waals surface area contributed by atoms with E-state index in [-0.39, 0.29) is 24.3 Å². The summed E-state index contributed by atoms with van der Waals surface area (Å²) in [5, 5.41) is 0. The van der Waals surface area contributed by atoms with E-state index in [1.54, 1.807) is 19.1 Å². The molecular weight excluding hydrogens is 278 g/mol. The van der Waals surface area contributed by atoms with Crippen LogP contribution in [0.1, 0.15) is 6.92 Å². The van der Waals surface area contributed by atoms with Crippen LogP contribution in [0.25, 0.3) is 0 Å². The van der Waals surface area contributed by atoms with Gasteiger partial charge in [0.2, 0.25) is 0 Å². The number of carbonyl (C=O) groups excluding carboxylic acids is 3. The predicted molar refractivity (Wildman–Crippen MR) is 71.2 cm³/mol. The molecule has 0 aromatic carbocycles. The van der Waals surface area contributed by atoms with E-state index in [1.165, 1.54) is 19.1 Å². The summed E-state index contributed by atoms with van der Waals surface area (Å²) in [7, 11) is 2.48. The van der Waals surface area contributed by atoms with Gasteiger partial charge in [0.15, 0.2) is 0 Å². The lowest BCUT2D eigenvalue weighted by atomic mass is 9.79. The molecule has 2 aliphatic heterocycles. The minimum atomic E-state index is -0.671. The van der Waals surface area contributed by atoms with Crippen molar-refractivity contribution in [2.24, 2.45) is 5.92 Å². The van der Waals surface area contributed by atoms with Gasteiger partial charge in [0.05, 0.1) is 38.0 Å². The molecule has 2 heterocycles. The van der Waals surface area contributed by atoms with E-state index in [4.69, 9.17) is 14.2 Å². The van der Waals surface area contributed by atoms with Crippen LogP contribution in [0.5, 0.6) is 0 Å². The second-order valence-corrected chi connectivity index (χ2v) is 4.60. The standard InChI is InChI=1S/C14H17NO6/c1-4-21-14(18)15-7-8-5-6-9(15)11(13(17)20-3)10(8)12(16)19-2/h5-6,8-9H,4,7H2,1-3H3. The summed E-state index contributed by atoms with van der Waals surface area (Å²) in [5.41, 5.74) is 0.383. The molecule has 0 saturated heterocycles. The molecule has 7 nitrogen and oxygen atoms in total. The summed E-state index contributed by atoms with van der Waals surface area (Å²) in [6.45, 7) is 2.20. The second-order valence-electron chi connectivity index (χ2n) is 4.60. The summed E-state index contributed by atoms with van der Waals surface area (Å²) in [5.74, 6) is -1.64. The Hall–Kier alpha value is -2.31. The number of methoxy groups -OCH3 is 2. The summed E-state index contributed by atoms with van der Waals surface area (Å²) in [4.78, 5) is 37.3. The zero-order valence-corrected chi connectivity index (χ0v) is 12.1. The normalized spacial score (nSPS) is 23.1. The summed E-state index contributed by atoms with van der Waals surface area (Å²) >= 11 is 0. The van der Waals surface area contributed by atoms with Gasteiger partial charge >= 0.3 is 18.0 Å². The quantitative estimate of drug-likeness (QED) is 0.432. The van der Waals surface area contributed by atoms with E-state index < -0.39 is 30.0 Å². The van der Waals surface area contributed by atoms with Crippen molar-refractivity contribution in [2.75, 3.05) is 27.4 Å². The van der Waals surface area contributed by atoms with Crippen LogP contribution in [0.3, 0.4) is 0 Å². The monoisotopic (exact) mass is 295 g/mol. The van der Waals surface area contributed by atoms with E-state index in [2.05, 4.69) is 0 Å². The first kappa shape index (κ1) is 15.1. The smallest absolute Gasteiger partial charge is 0.410 e. The lowest BCUT2D eigenvalue weighted by Gasteiger charge is -2.41. The molecule has 0 N–H and O–H groups in total. The predicted octanol–water partition coefficient (Wildman–Crippen LogP) is 0.656. The fraction of sp³-hybridized carbons (Fsp3) is 0.500. The van der Waals surface area contributed by atoms with E-state index in [9.17, 15) is 14.4 Å². The third-order valence-corrected chi connectivity index (χ3v) is 3.52. The number of ether oxygens (including phenoxy) is 3. The molecule has 0 spiro atoms. The van der Waals surface area contributed by atoms with E-state index in [0.29, 0.717) is 0 Å². The lowest BCUT2D eigenvalue weighted by Crippen LogP contribution is -2.52. The molecule has 0 aromatic heterocycles. The molecule has 0 saturated carbocycles. The Bertz CT molecular complexity index is 536. The Kier molecular flexibility index (Phi) is 4.30. The molecule has 2 atom stereocenters. The summed E-state index contributed by atoms with van der Waals surface area (Å²) in [6.07, 6.45) is 2.96. The van der Waals surface area contributed by atoms with Gasteiger partial charge in [-0.1, -0.05) is 12.2 Å². The van der Waals surface area contributed by atoms with Gasteiger partial charge in [-0.05, 0) is 6.92 Å². The lowest BCUT2D eigenvalue weighted by molar-refractivity contribution is -0.140. The van der Waals surface area contributed by atoms with Crippen molar-refractivity contribution < 1.29 is 28.6 Å². The maximum Gasteiger partial charge on any atom is 0.410 e. The minimum absolute atomic E-state index is 0.135. The van der Waals surface area contributed by atoms with Crippen LogP contribution in [0.2, 0.25) is 0 Å². The fourth-order valence-electron chi connectivity index (χ4n) is 2.63. The Morgan fingerprint density at radius 3 is 2.33 bits per heavy atom. The Labute approximate surface area is 122 Å². The van der Waals surface area contributed by atoms with Crippen LogP contribution >= 0.6 is 0 Å². The Morgan fingerprint density at radius 1 is 1.14 bits per heavy atom. The molecule has 1 amide bonds. The third kappa shape index (κ3) is 2.51. The third-order valence-electron chi connectivity index (χ3n) is 3.52.